The summed E-state index contributed by atoms with van der Waals surface area (Å²) in [4.78, 5) is 12.5. The fourth-order valence-corrected chi connectivity index (χ4v) is 0.841. The van der Waals surface area contributed by atoms with Gasteiger partial charge in [-0.25, -0.2) is 0 Å². The smallest absolute Gasteiger partial charge is 0.253 e. The first-order valence-corrected chi connectivity index (χ1v) is 2.87. The third-order valence-electron chi connectivity index (χ3n) is 1.44. The molecule has 0 aliphatic carbocycles. The van der Waals surface area contributed by atoms with Crippen LogP contribution in [0.15, 0.2) is 24.9 Å². The Bertz CT molecular complexity index is 172. The third-order valence-corrected chi connectivity index (χ3v) is 1.44. The molecular formula is C7H9NO. The Morgan fingerprint density at radius 3 is 2.56 bits per heavy atom. The Balaban J connectivity index is 2.73. The van der Waals surface area contributed by atoms with Crippen LogP contribution in [0.4, 0.5) is 0 Å². The minimum Gasteiger partial charge on any atom is -0.316 e. The fourth-order valence-electron chi connectivity index (χ4n) is 0.841. The van der Waals surface area contributed by atoms with E-state index in [0.717, 1.165) is 13.0 Å². The standard InChI is InChI=1S/C7H9NO/c1-3-8-5-4-6(2)7(8)9/h3H,1-2,4-5H2. The Hall–Kier alpha value is -1.05. The van der Waals surface area contributed by atoms with Gasteiger partial charge in [0.05, 0.1) is 0 Å². The van der Waals surface area contributed by atoms with E-state index in [2.05, 4.69) is 13.2 Å². The molecule has 1 saturated heterocycles. The average molecular weight is 123 g/mol. The lowest BCUT2D eigenvalue weighted by Gasteiger charge is -2.05. The van der Waals surface area contributed by atoms with E-state index in [4.69, 9.17) is 0 Å². The maximum absolute atomic E-state index is 10.9. The summed E-state index contributed by atoms with van der Waals surface area (Å²) in [5.41, 5.74) is 0.690. The van der Waals surface area contributed by atoms with Gasteiger partial charge in [0.2, 0.25) is 0 Å². The van der Waals surface area contributed by atoms with Gasteiger partial charge in [0, 0.05) is 12.1 Å². The number of nitrogens with zero attached hydrogens (tertiary/aromatic N) is 1. The number of hydrogen-bond acceptors (Lipinski definition) is 1. The van der Waals surface area contributed by atoms with Gasteiger partial charge in [-0.05, 0) is 12.6 Å². The van der Waals surface area contributed by atoms with Gasteiger partial charge in [0.1, 0.15) is 0 Å². The van der Waals surface area contributed by atoms with E-state index in [1.165, 1.54) is 0 Å². The minimum absolute atomic E-state index is 0.0185. The molecule has 0 N–H and O–H groups in total. The summed E-state index contributed by atoms with van der Waals surface area (Å²) in [6.45, 7) is 7.84. The Kier molecular flexibility index (Phi) is 1.39. The van der Waals surface area contributed by atoms with Crippen LogP contribution in [0.1, 0.15) is 6.42 Å². The van der Waals surface area contributed by atoms with Crippen LogP contribution in [0.25, 0.3) is 0 Å². The van der Waals surface area contributed by atoms with E-state index < -0.39 is 0 Å². The summed E-state index contributed by atoms with van der Waals surface area (Å²) in [5, 5.41) is 0. The molecule has 1 fully saturated rings. The van der Waals surface area contributed by atoms with Crippen LogP contribution in [0.3, 0.4) is 0 Å². The zero-order chi connectivity index (χ0) is 6.85. The number of hydrogen-bond donors (Lipinski definition) is 0. The molecule has 0 aromatic carbocycles. The van der Waals surface area contributed by atoms with Crippen molar-refractivity contribution in [2.24, 2.45) is 0 Å². The van der Waals surface area contributed by atoms with Crippen molar-refractivity contribution < 1.29 is 4.79 Å². The highest BCUT2D eigenvalue weighted by Gasteiger charge is 2.20. The molecule has 2 nitrogen and oxygen atoms in total. The van der Waals surface area contributed by atoms with Crippen LogP contribution >= 0.6 is 0 Å². The normalized spacial score (nSPS) is 18.9. The number of rotatable bonds is 1. The monoisotopic (exact) mass is 123 g/mol. The van der Waals surface area contributed by atoms with E-state index in [0.29, 0.717) is 5.57 Å². The maximum Gasteiger partial charge on any atom is 0.253 e. The molecule has 2 heteroatoms. The molecule has 1 aliphatic heterocycles. The Morgan fingerprint density at radius 2 is 2.33 bits per heavy atom. The molecule has 48 valence electrons. The molecule has 1 rings (SSSR count). The van der Waals surface area contributed by atoms with Gasteiger partial charge in [0.25, 0.3) is 5.91 Å². The summed E-state index contributed by atoms with van der Waals surface area (Å²) in [5.74, 6) is 0.0185. The van der Waals surface area contributed by atoms with Gasteiger partial charge in [-0.2, -0.15) is 0 Å². The lowest BCUT2D eigenvalue weighted by molar-refractivity contribution is -0.122. The number of carbonyl (C=O) groups is 1. The maximum atomic E-state index is 10.9. The fraction of sp³-hybridized carbons (Fsp3) is 0.286. The third kappa shape index (κ3) is 0.875. The lowest BCUT2D eigenvalue weighted by atomic mass is 10.3. The van der Waals surface area contributed by atoms with E-state index in [9.17, 15) is 4.79 Å². The van der Waals surface area contributed by atoms with Crippen molar-refractivity contribution in [1.29, 1.82) is 0 Å². The van der Waals surface area contributed by atoms with Gasteiger partial charge in [-0.15, -0.1) is 0 Å². The molecule has 0 spiro atoms. The molecule has 1 aliphatic rings. The highest BCUT2D eigenvalue weighted by Crippen LogP contribution is 2.13. The second-order valence-corrected chi connectivity index (χ2v) is 2.03. The zero-order valence-corrected chi connectivity index (χ0v) is 5.26. The molecule has 0 aromatic heterocycles. The molecule has 1 heterocycles. The summed E-state index contributed by atoms with van der Waals surface area (Å²) < 4.78 is 0. The zero-order valence-electron chi connectivity index (χ0n) is 5.26. The minimum atomic E-state index is 0.0185. The van der Waals surface area contributed by atoms with Gasteiger partial charge >= 0.3 is 0 Å². The lowest BCUT2D eigenvalue weighted by Crippen LogP contribution is -2.17. The van der Waals surface area contributed by atoms with E-state index in [1.807, 2.05) is 0 Å². The first-order chi connectivity index (χ1) is 4.25. The SMILES string of the molecule is C=CN1CCC(=C)C1=O. The molecule has 0 unspecified atom stereocenters. The van der Waals surface area contributed by atoms with Crippen LogP contribution < -0.4 is 0 Å². The van der Waals surface area contributed by atoms with Gasteiger partial charge in [-0.1, -0.05) is 13.2 Å². The van der Waals surface area contributed by atoms with Crippen LogP contribution in [0.5, 0.6) is 0 Å². The van der Waals surface area contributed by atoms with Crippen molar-refractivity contribution in [2.45, 2.75) is 6.42 Å². The highest BCUT2D eigenvalue weighted by atomic mass is 16.2. The molecule has 1 amide bonds. The molecule has 0 radical (unpaired) electrons. The van der Waals surface area contributed by atoms with E-state index in [-0.39, 0.29) is 5.91 Å². The van der Waals surface area contributed by atoms with Gasteiger partial charge in [0.15, 0.2) is 0 Å². The van der Waals surface area contributed by atoms with Crippen molar-refractivity contribution in [1.82, 2.24) is 4.90 Å². The summed E-state index contributed by atoms with van der Waals surface area (Å²) in [6.07, 6.45) is 2.32. The van der Waals surface area contributed by atoms with Crippen molar-refractivity contribution in [2.75, 3.05) is 6.54 Å². The average Bonchev–Trinajstić information content (AvgIpc) is 2.15. The second-order valence-electron chi connectivity index (χ2n) is 2.03. The largest absolute Gasteiger partial charge is 0.316 e. The van der Waals surface area contributed by atoms with Crippen LogP contribution in [0.2, 0.25) is 0 Å². The molecule has 0 atom stereocenters. The molecule has 0 saturated carbocycles. The first kappa shape index (κ1) is 6.08. The van der Waals surface area contributed by atoms with Crippen LogP contribution in [-0.2, 0) is 4.79 Å². The van der Waals surface area contributed by atoms with Crippen LogP contribution in [0, 0.1) is 0 Å². The number of likely N-dealkylation sites (tertiary alicyclic amines) is 1. The van der Waals surface area contributed by atoms with Crippen molar-refractivity contribution in [3.8, 4) is 0 Å². The summed E-state index contributed by atoms with van der Waals surface area (Å²) >= 11 is 0. The summed E-state index contributed by atoms with van der Waals surface area (Å²) in [7, 11) is 0. The quantitative estimate of drug-likeness (QED) is 0.475. The van der Waals surface area contributed by atoms with Crippen molar-refractivity contribution >= 4 is 5.91 Å². The van der Waals surface area contributed by atoms with Crippen LogP contribution in [-0.4, -0.2) is 17.4 Å². The van der Waals surface area contributed by atoms with Gasteiger partial charge in [-0.3, -0.25) is 4.79 Å². The van der Waals surface area contributed by atoms with E-state index in [1.54, 1.807) is 11.1 Å². The molecule has 0 bridgehead atoms. The Morgan fingerprint density at radius 1 is 1.67 bits per heavy atom. The van der Waals surface area contributed by atoms with Crippen molar-refractivity contribution in [3.63, 3.8) is 0 Å². The molecule has 0 aromatic rings. The Labute approximate surface area is 54.5 Å². The predicted molar refractivity (Wildman–Crippen MR) is 35.7 cm³/mol. The predicted octanol–water partition coefficient (Wildman–Crippen LogP) is 0.918. The first-order valence-electron chi connectivity index (χ1n) is 2.87. The molecular weight excluding hydrogens is 114 g/mol. The van der Waals surface area contributed by atoms with E-state index >= 15 is 0 Å². The molecule has 9 heavy (non-hydrogen) atoms. The summed E-state index contributed by atoms with van der Waals surface area (Å²) in [6, 6.07) is 0. The van der Waals surface area contributed by atoms with Crippen molar-refractivity contribution in [3.05, 3.63) is 24.9 Å². The highest BCUT2D eigenvalue weighted by molar-refractivity contribution is 5.95. The van der Waals surface area contributed by atoms with Gasteiger partial charge < -0.3 is 4.90 Å². The number of carbonyl (C=O) groups excluding carboxylic acids is 1. The number of amides is 1. The second kappa shape index (κ2) is 2.05. The topological polar surface area (TPSA) is 20.3 Å².